The van der Waals surface area contributed by atoms with E-state index in [2.05, 4.69) is 5.16 Å². The van der Waals surface area contributed by atoms with Crippen LogP contribution in [-0.4, -0.2) is 11.7 Å². The number of benzene rings is 3. The molecule has 1 atom stereocenters. The predicted octanol–water partition coefficient (Wildman–Crippen LogP) is 4.64. The van der Waals surface area contributed by atoms with Crippen LogP contribution in [0.1, 0.15) is 11.1 Å². The minimum absolute atomic E-state index is 0.709. The Morgan fingerprint density at radius 1 is 0.769 bits per heavy atom. The van der Waals surface area contributed by atoms with Gasteiger partial charge in [0.2, 0.25) is 0 Å². The molecule has 2 aliphatic heterocycles. The second kappa shape index (κ2) is 5.77. The average molecular weight is 340 g/mol. The molecule has 0 saturated carbocycles. The molecule has 4 nitrogen and oxygen atoms in total. The number of hydrogen-bond donors (Lipinski definition) is 0. The number of nitrogens with zero attached hydrogens (tertiary/aromatic N) is 2. The van der Waals surface area contributed by atoms with Crippen LogP contribution in [0.25, 0.3) is 6.08 Å². The van der Waals surface area contributed by atoms with Crippen molar-refractivity contribution in [2.24, 2.45) is 5.16 Å². The van der Waals surface area contributed by atoms with Gasteiger partial charge < -0.3 is 9.57 Å². The first-order valence-electron chi connectivity index (χ1n) is 8.50. The van der Waals surface area contributed by atoms with E-state index in [0.29, 0.717) is 5.84 Å². The molecule has 2 heterocycles. The Bertz CT molecular complexity index is 999. The van der Waals surface area contributed by atoms with Crippen molar-refractivity contribution in [3.05, 3.63) is 102 Å². The van der Waals surface area contributed by atoms with Crippen LogP contribution in [0.4, 0.5) is 5.69 Å². The Balaban J connectivity index is 1.64. The van der Waals surface area contributed by atoms with Crippen LogP contribution in [0, 0.1) is 0 Å². The fourth-order valence-electron chi connectivity index (χ4n) is 3.25. The number of amidine groups is 1. The van der Waals surface area contributed by atoms with Gasteiger partial charge in [-0.15, -0.1) is 0 Å². The lowest BCUT2D eigenvalue weighted by Gasteiger charge is -2.36. The highest BCUT2D eigenvalue weighted by Crippen LogP contribution is 2.40. The van der Waals surface area contributed by atoms with Crippen molar-refractivity contribution in [2.75, 3.05) is 4.90 Å². The summed E-state index contributed by atoms with van der Waals surface area (Å²) in [6.45, 7) is 0. The number of hydrogen-bond acceptors (Lipinski definition) is 4. The van der Waals surface area contributed by atoms with Gasteiger partial charge in [0.25, 0.3) is 0 Å². The van der Waals surface area contributed by atoms with Gasteiger partial charge in [-0.1, -0.05) is 71.9 Å². The molecule has 3 aromatic rings. The molecular weight excluding hydrogens is 324 g/mol. The Morgan fingerprint density at radius 2 is 1.46 bits per heavy atom. The summed E-state index contributed by atoms with van der Waals surface area (Å²) in [7, 11) is 0. The standard InChI is InChI=1S/C22H16N2O2/c1-3-10-18(11-4-1)21-23-26-22(24(21)19-12-5-2-6-13-19)16-15-17-9-7-8-14-20(17)25-22/h1-16H. The molecular formula is C22H16N2O2. The summed E-state index contributed by atoms with van der Waals surface area (Å²) in [6.07, 6.45) is 3.92. The first-order valence-corrected chi connectivity index (χ1v) is 8.50. The first-order chi connectivity index (χ1) is 12.9. The van der Waals surface area contributed by atoms with Crippen molar-refractivity contribution in [1.29, 1.82) is 0 Å². The quantitative estimate of drug-likeness (QED) is 0.681. The van der Waals surface area contributed by atoms with Gasteiger partial charge >= 0.3 is 5.91 Å². The Morgan fingerprint density at radius 3 is 2.27 bits per heavy atom. The average Bonchev–Trinajstić information content (AvgIpc) is 3.07. The number of fused-ring (bicyclic) bond motifs is 1. The second-order valence-electron chi connectivity index (χ2n) is 6.15. The predicted molar refractivity (Wildman–Crippen MR) is 102 cm³/mol. The largest absolute Gasteiger partial charge is 0.430 e. The highest BCUT2D eigenvalue weighted by molar-refractivity contribution is 6.11. The molecule has 26 heavy (non-hydrogen) atoms. The SMILES string of the molecule is C1=CC2(ON=C(c3ccccc3)N2c2ccccc2)Oc2ccccc21. The summed E-state index contributed by atoms with van der Waals surface area (Å²) in [5.41, 5.74) is 2.92. The zero-order valence-electron chi connectivity index (χ0n) is 13.9. The third-order valence-electron chi connectivity index (χ3n) is 4.48. The number of para-hydroxylation sites is 2. The van der Waals surface area contributed by atoms with Crippen LogP contribution < -0.4 is 9.64 Å². The molecule has 3 aromatic carbocycles. The zero-order valence-corrected chi connectivity index (χ0v) is 13.9. The molecule has 1 spiro atoms. The van der Waals surface area contributed by atoms with Crippen LogP contribution in [0.3, 0.4) is 0 Å². The molecule has 1 unspecified atom stereocenters. The minimum atomic E-state index is -1.14. The molecule has 0 aliphatic carbocycles. The van der Waals surface area contributed by atoms with Crippen molar-refractivity contribution in [3.8, 4) is 5.75 Å². The van der Waals surface area contributed by atoms with E-state index in [0.717, 1.165) is 22.6 Å². The third-order valence-corrected chi connectivity index (χ3v) is 4.48. The molecule has 2 aliphatic rings. The lowest BCUT2D eigenvalue weighted by molar-refractivity contribution is -0.125. The number of anilines is 1. The van der Waals surface area contributed by atoms with E-state index in [1.54, 1.807) is 0 Å². The molecule has 0 N–H and O–H groups in total. The van der Waals surface area contributed by atoms with Crippen molar-refractivity contribution in [2.45, 2.75) is 5.91 Å². The lowest BCUT2D eigenvalue weighted by atomic mass is 10.1. The molecule has 0 aromatic heterocycles. The van der Waals surface area contributed by atoms with E-state index < -0.39 is 5.91 Å². The van der Waals surface area contributed by atoms with Crippen LogP contribution in [0.15, 0.2) is 96.2 Å². The highest BCUT2D eigenvalue weighted by Gasteiger charge is 2.49. The van der Waals surface area contributed by atoms with Crippen molar-refractivity contribution in [3.63, 3.8) is 0 Å². The van der Waals surface area contributed by atoms with Crippen molar-refractivity contribution in [1.82, 2.24) is 0 Å². The van der Waals surface area contributed by atoms with E-state index in [-0.39, 0.29) is 0 Å². The van der Waals surface area contributed by atoms with Crippen molar-refractivity contribution >= 4 is 17.6 Å². The van der Waals surface area contributed by atoms with E-state index in [9.17, 15) is 0 Å². The highest BCUT2D eigenvalue weighted by atomic mass is 16.8. The summed E-state index contributed by atoms with van der Waals surface area (Å²) in [5, 5.41) is 4.38. The maximum absolute atomic E-state index is 6.30. The summed E-state index contributed by atoms with van der Waals surface area (Å²) in [5.74, 6) is 0.335. The van der Waals surface area contributed by atoms with Gasteiger partial charge in [0.15, 0.2) is 5.84 Å². The zero-order chi connectivity index (χ0) is 17.4. The summed E-state index contributed by atoms with van der Waals surface area (Å²) in [6, 6.07) is 27.9. The van der Waals surface area contributed by atoms with Gasteiger partial charge in [0.05, 0.1) is 5.69 Å². The Kier molecular flexibility index (Phi) is 3.28. The van der Waals surface area contributed by atoms with Crippen LogP contribution in [0.5, 0.6) is 5.75 Å². The lowest BCUT2D eigenvalue weighted by Crippen LogP contribution is -2.53. The van der Waals surface area contributed by atoms with E-state index in [1.165, 1.54) is 0 Å². The molecule has 0 saturated heterocycles. The molecule has 0 radical (unpaired) electrons. The van der Waals surface area contributed by atoms with E-state index >= 15 is 0 Å². The molecule has 126 valence electrons. The molecule has 0 fully saturated rings. The summed E-state index contributed by atoms with van der Waals surface area (Å²) < 4.78 is 6.30. The summed E-state index contributed by atoms with van der Waals surface area (Å²) >= 11 is 0. The topological polar surface area (TPSA) is 34.1 Å². The smallest absolute Gasteiger partial charge is 0.388 e. The Hall–Kier alpha value is -3.53. The normalized spacial score (nSPS) is 20.3. The fraction of sp³-hybridized carbons (Fsp3) is 0.0455. The Labute approximate surface area is 151 Å². The van der Waals surface area contributed by atoms with Gasteiger partial charge in [0, 0.05) is 17.2 Å². The third kappa shape index (κ3) is 2.27. The van der Waals surface area contributed by atoms with Crippen LogP contribution in [-0.2, 0) is 4.84 Å². The van der Waals surface area contributed by atoms with Gasteiger partial charge in [-0.05, 0) is 24.3 Å². The van der Waals surface area contributed by atoms with E-state index in [1.807, 2.05) is 102 Å². The molecule has 4 heteroatoms. The fourth-order valence-corrected chi connectivity index (χ4v) is 3.25. The number of ether oxygens (including phenoxy) is 1. The van der Waals surface area contributed by atoms with Crippen LogP contribution in [0.2, 0.25) is 0 Å². The monoisotopic (exact) mass is 340 g/mol. The second-order valence-corrected chi connectivity index (χ2v) is 6.15. The summed E-state index contributed by atoms with van der Waals surface area (Å²) in [4.78, 5) is 7.86. The molecule has 0 bridgehead atoms. The molecule has 5 rings (SSSR count). The van der Waals surface area contributed by atoms with E-state index in [4.69, 9.17) is 9.57 Å². The first kappa shape index (κ1) is 14.8. The van der Waals surface area contributed by atoms with Gasteiger partial charge in [0.1, 0.15) is 5.75 Å². The maximum atomic E-state index is 6.30. The van der Waals surface area contributed by atoms with Gasteiger partial charge in [-0.3, -0.25) is 0 Å². The van der Waals surface area contributed by atoms with Gasteiger partial charge in [-0.2, -0.15) is 0 Å². The van der Waals surface area contributed by atoms with Crippen LogP contribution >= 0.6 is 0 Å². The van der Waals surface area contributed by atoms with Gasteiger partial charge in [-0.25, -0.2) is 4.90 Å². The maximum Gasteiger partial charge on any atom is 0.388 e. The number of oxime groups is 1. The molecule has 0 amide bonds. The minimum Gasteiger partial charge on any atom is -0.430 e. The number of rotatable bonds is 2. The van der Waals surface area contributed by atoms with Crippen molar-refractivity contribution < 1.29 is 9.57 Å².